The van der Waals surface area contributed by atoms with Gasteiger partial charge in [0.1, 0.15) is 5.75 Å². The van der Waals surface area contributed by atoms with Crippen molar-refractivity contribution in [1.82, 2.24) is 0 Å². The number of benzene rings is 2. The Kier molecular flexibility index (Phi) is 7.72. The van der Waals surface area contributed by atoms with Crippen LogP contribution in [0.25, 0.3) is 0 Å². The van der Waals surface area contributed by atoms with Crippen molar-refractivity contribution in [3.05, 3.63) is 65.7 Å². The minimum absolute atomic E-state index is 0.145. The van der Waals surface area contributed by atoms with Gasteiger partial charge in [0, 0.05) is 0 Å². The molecule has 0 bridgehead atoms. The van der Waals surface area contributed by atoms with Crippen LogP contribution in [0.1, 0.15) is 42.3 Å². The molecule has 2 N–H and O–H groups in total. The molecule has 0 saturated heterocycles. The number of carbonyl (C=O) groups excluding carboxylic acids is 1. The van der Waals surface area contributed by atoms with Gasteiger partial charge in [-0.05, 0) is 43.2 Å². The van der Waals surface area contributed by atoms with Crippen LogP contribution in [0.5, 0.6) is 5.75 Å². The van der Waals surface area contributed by atoms with Crippen molar-refractivity contribution in [1.29, 1.82) is 0 Å². The van der Waals surface area contributed by atoms with E-state index in [1.54, 1.807) is 6.92 Å². The number of esters is 1. The first-order valence-corrected chi connectivity index (χ1v) is 7.23. The maximum Gasteiger partial charge on any atom is 0.338 e. The average molecular weight is 302 g/mol. The number of hydrogen-bond donors (Lipinski definition) is 2. The maximum atomic E-state index is 11.2. The standard InChI is InChI=1S/C10H12O3.C8H10O/c1-2-7-13-10(12)8-3-5-9(11)6-4-8;1-7(9)8-5-3-2-4-6-8/h3-6,11H,2,7H2,1H3;2-7,9H,1H3. The Morgan fingerprint density at radius 2 is 1.68 bits per heavy atom. The number of rotatable bonds is 4. The summed E-state index contributed by atoms with van der Waals surface area (Å²) in [7, 11) is 0. The molecule has 0 fully saturated rings. The second-order valence-electron chi connectivity index (χ2n) is 4.77. The summed E-state index contributed by atoms with van der Waals surface area (Å²) in [5, 5.41) is 18.0. The Morgan fingerprint density at radius 1 is 1.09 bits per heavy atom. The molecule has 0 aromatic heterocycles. The summed E-state index contributed by atoms with van der Waals surface area (Å²) in [5.74, 6) is -0.200. The third kappa shape index (κ3) is 6.41. The van der Waals surface area contributed by atoms with Crippen LogP contribution in [0.3, 0.4) is 0 Å². The zero-order chi connectivity index (χ0) is 16.4. The summed E-state index contributed by atoms with van der Waals surface area (Å²) in [5.41, 5.74) is 1.43. The molecule has 2 aromatic rings. The second-order valence-corrected chi connectivity index (χ2v) is 4.77. The van der Waals surface area contributed by atoms with Crippen molar-refractivity contribution < 1.29 is 19.7 Å². The lowest BCUT2D eigenvalue weighted by Gasteiger charge is -2.02. The Hall–Kier alpha value is -2.33. The van der Waals surface area contributed by atoms with Crippen molar-refractivity contribution in [2.45, 2.75) is 26.4 Å². The van der Waals surface area contributed by atoms with Gasteiger partial charge in [-0.15, -0.1) is 0 Å². The number of aliphatic hydroxyl groups excluding tert-OH is 1. The first-order valence-electron chi connectivity index (χ1n) is 7.23. The van der Waals surface area contributed by atoms with E-state index < -0.39 is 0 Å². The molecule has 118 valence electrons. The van der Waals surface area contributed by atoms with E-state index in [0.29, 0.717) is 12.2 Å². The molecule has 0 amide bonds. The Labute approximate surface area is 131 Å². The molecule has 4 heteroatoms. The molecule has 0 radical (unpaired) electrons. The molecular formula is C18H22O4. The second kappa shape index (κ2) is 9.58. The lowest BCUT2D eigenvalue weighted by atomic mass is 10.1. The molecule has 1 atom stereocenters. The van der Waals surface area contributed by atoms with Gasteiger partial charge in [-0.1, -0.05) is 37.3 Å². The van der Waals surface area contributed by atoms with Crippen molar-refractivity contribution in [2.24, 2.45) is 0 Å². The molecule has 0 spiro atoms. The third-order valence-corrected chi connectivity index (χ3v) is 2.82. The summed E-state index contributed by atoms with van der Waals surface area (Å²) in [6, 6.07) is 15.6. The minimum atomic E-state index is -0.346. The van der Waals surface area contributed by atoms with E-state index in [4.69, 9.17) is 14.9 Å². The minimum Gasteiger partial charge on any atom is -0.508 e. The van der Waals surface area contributed by atoms with Crippen molar-refractivity contribution in [3.8, 4) is 5.75 Å². The summed E-state index contributed by atoms with van der Waals surface area (Å²) in [6.45, 7) is 4.12. The summed E-state index contributed by atoms with van der Waals surface area (Å²) < 4.78 is 4.90. The number of ether oxygens (including phenoxy) is 1. The van der Waals surface area contributed by atoms with Crippen molar-refractivity contribution in [3.63, 3.8) is 0 Å². The zero-order valence-corrected chi connectivity index (χ0v) is 12.9. The van der Waals surface area contributed by atoms with Gasteiger partial charge in [-0.25, -0.2) is 4.79 Å². The van der Waals surface area contributed by atoms with Crippen molar-refractivity contribution >= 4 is 5.97 Å². The van der Waals surface area contributed by atoms with Gasteiger partial charge in [0.2, 0.25) is 0 Å². The zero-order valence-electron chi connectivity index (χ0n) is 12.9. The number of phenols is 1. The Balaban J connectivity index is 0.000000235. The van der Waals surface area contributed by atoms with Gasteiger partial charge < -0.3 is 14.9 Å². The van der Waals surface area contributed by atoms with Gasteiger partial charge in [0.05, 0.1) is 18.3 Å². The maximum absolute atomic E-state index is 11.2. The smallest absolute Gasteiger partial charge is 0.338 e. The predicted octanol–water partition coefficient (Wildman–Crippen LogP) is 3.70. The fourth-order valence-electron chi connectivity index (χ4n) is 1.61. The molecule has 0 aliphatic carbocycles. The molecule has 2 aromatic carbocycles. The topological polar surface area (TPSA) is 66.8 Å². The summed E-state index contributed by atoms with van der Waals surface area (Å²) in [4.78, 5) is 11.2. The van der Waals surface area contributed by atoms with Gasteiger partial charge in [-0.2, -0.15) is 0 Å². The predicted molar refractivity (Wildman–Crippen MR) is 85.8 cm³/mol. The van der Waals surface area contributed by atoms with Gasteiger partial charge >= 0.3 is 5.97 Å². The molecule has 0 aliphatic heterocycles. The molecule has 0 aliphatic rings. The fraction of sp³-hybridized carbons (Fsp3) is 0.278. The van der Waals surface area contributed by atoms with E-state index in [2.05, 4.69) is 0 Å². The highest BCUT2D eigenvalue weighted by atomic mass is 16.5. The highest BCUT2D eigenvalue weighted by Crippen LogP contribution is 2.10. The number of phenolic OH excluding ortho intramolecular Hbond substituents is 1. The Bertz CT molecular complexity index is 547. The quantitative estimate of drug-likeness (QED) is 0.845. The summed E-state index contributed by atoms with van der Waals surface area (Å²) >= 11 is 0. The average Bonchev–Trinajstić information content (AvgIpc) is 2.54. The van der Waals surface area contributed by atoms with Gasteiger partial charge in [-0.3, -0.25) is 0 Å². The first-order chi connectivity index (χ1) is 10.5. The van der Waals surface area contributed by atoms with E-state index >= 15 is 0 Å². The molecule has 0 heterocycles. The SMILES string of the molecule is CC(O)c1ccccc1.CCCOC(=O)c1ccc(O)cc1. The molecule has 4 nitrogen and oxygen atoms in total. The fourth-order valence-corrected chi connectivity index (χ4v) is 1.61. The highest BCUT2D eigenvalue weighted by Gasteiger charge is 2.05. The number of aliphatic hydroxyl groups is 1. The van der Waals surface area contributed by atoms with Crippen LogP contribution in [0.2, 0.25) is 0 Å². The molecule has 2 rings (SSSR count). The molecule has 0 saturated carbocycles. The van der Waals surface area contributed by atoms with Crippen LogP contribution in [0, 0.1) is 0 Å². The first kappa shape index (κ1) is 17.7. The number of hydrogen-bond acceptors (Lipinski definition) is 4. The summed E-state index contributed by atoms with van der Waals surface area (Å²) in [6.07, 6.45) is 0.468. The molecule has 22 heavy (non-hydrogen) atoms. The van der Waals surface area contributed by atoms with Gasteiger partial charge in [0.15, 0.2) is 0 Å². The third-order valence-electron chi connectivity index (χ3n) is 2.82. The molecular weight excluding hydrogens is 280 g/mol. The van der Waals surface area contributed by atoms with E-state index in [1.807, 2.05) is 37.3 Å². The lowest BCUT2D eigenvalue weighted by molar-refractivity contribution is 0.0505. The normalized spacial score (nSPS) is 11.0. The van der Waals surface area contributed by atoms with Crippen LogP contribution < -0.4 is 0 Å². The van der Waals surface area contributed by atoms with E-state index in [-0.39, 0.29) is 17.8 Å². The monoisotopic (exact) mass is 302 g/mol. The van der Waals surface area contributed by atoms with E-state index in [1.165, 1.54) is 24.3 Å². The highest BCUT2D eigenvalue weighted by molar-refractivity contribution is 5.89. The Morgan fingerprint density at radius 3 is 2.14 bits per heavy atom. The van der Waals surface area contributed by atoms with Crippen LogP contribution >= 0.6 is 0 Å². The van der Waals surface area contributed by atoms with Crippen LogP contribution in [0.4, 0.5) is 0 Å². The molecule has 1 unspecified atom stereocenters. The van der Waals surface area contributed by atoms with E-state index in [9.17, 15) is 4.79 Å². The van der Waals surface area contributed by atoms with Crippen LogP contribution in [-0.2, 0) is 4.74 Å². The van der Waals surface area contributed by atoms with Crippen molar-refractivity contribution in [2.75, 3.05) is 6.61 Å². The van der Waals surface area contributed by atoms with E-state index in [0.717, 1.165) is 12.0 Å². The lowest BCUT2D eigenvalue weighted by Crippen LogP contribution is -2.05. The largest absolute Gasteiger partial charge is 0.508 e. The van der Waals surface area contributed by atoms with Crippen LogP contribution in [0.15, 0.2) is 54.6 Å². The van der Waals surface area contributed by atoms with Gasteiger partial charge in [0.25, 0.3) is 0 Å². The number of carbonyl (C=O) groups is 1. The van der Waals surface area contributed by atoms with Crippen LogP contribution in [-0.4, -0.2) is 22.8 Å². The number of aromatic hydroxyl groups is 1.